The van der Waals surface area contributed by atoms with E-state index in [1.807, 2.05) is 0 Å². The lowest BCUT2D eigenvalue weighted by molar-refractivity contribution is 0.761. The molecule has 3 heteroatoms. The normalized spacial score (nSPS) is 14.7. The number of anilines is 1. The van der Waals surface area contributed by atoms with Crippen molar-refractivity contribution in [2.75, 3.05) is 5.32 Å². The van der Waals surface area contributed by atoms with Crippen LogP contribution in [0.2, 0.25) is 0 Å². The summed E-state index contributed by atoms with van der Waals surface area (Å²) in [6, 6.07) is 11.2. The number of nitrogens with zero attached hydrogens (tertiary/aromatic N) is 2. The van der Waals surface area contributed by atoms with Gasteiger partial charge in [-0.3, -0.25) is 0 Å². The summed E-state index contributed by atoms with van der Waals surface area (Å²) < 4.78 is 0. The maximum atomic E-state index is 4.33. The molecule has 1 aliphatic rings. The summed E-state index contributed by atoms with van der Waals surface area (Å²) in [5.41, 5.74) is 4.00. The van der Waals surface area contributed by atoms with Crippen LogP contribution in [0.3, 0.4) is 0 Å². The maximum Gasteiger partial charge on any atom is 0.129 e. The maximum absolute atomic E-state index is 4.33. The Balaban J connectivity index is 1.72. The van der Waals surface area contributed by atoms with Gasteiger partial charge in [0.15, 0.2) is 0 Å². The van der Waals surface area contributed by atoms with Crippen molar-refractivity contribution < 1.29 is 0 Å². The van der Waals surface area contributed by atoms with Crippen molar-refractivity contribution >= 4 is 5.82 Å². The second kappa shape index (κ2) is 5.00. The van der Waals surface area contributed by atoms with Crippen LogP contribution in [0.25, 0.3) is 0 Å². The van der Waals surface area contributed by atoms with E-state index in [1.165, 1.54) is 11.1 Å². The second-order valence-electron chi connectivity index (χ2n) is 5.50. The lowest BCUT2D eigenvalue weighted by atomic mass is 10.1. The predicted molar refractivity (Wildman–Crippen MR) is 77.4 cm³/mol. The first-order chi connectivity index (χ1) is 9.22. The monoisotopic (exact) mass is 253 g/mol. The molecule has 3 nitrogen and oxygen atoms in total. The average molecular weight is 253 g/mol. The molecule has 0 unspecified atom stereocenters. The summed E-state index contributed by atoms with van der Waals surface area (Å²) >= 11 is 0. The van der Waals surface area contributed by atoms with Crippen molar-refractivity contribution in [1.82, 2.24) is 9.97 Å². The van der Waals surface area contributed by atoms with Crippen LogP contribution in [0.15, 0.2) is 36.7 Å². The Morgan fingerprint density at radius 1 is 1.11 bits per heavy atom. The van der Waals surface area contributed by atoms with Crippen LogP contribution in [-0.4, -0.2) is 16.0 Å². The fourth-order valence-electron chi connectivity index (χ4n) is 2.64. The van der Waals surface area contributed by atoms with E-state index in [4.69, 9.17) is 0 Å². The molecule has 0 bridgehead atoms. The van der Waals surface area contributed by atoms with Crippen molar-refractivity contribution in [3.05, 3.63) is 53.5 Å². The zero-order valence-electron chi connectivity index (χ0n) is 11.4. The average Bonchev–Trinajstić information content (AvgIpc) is 2.81. The van der Waals surface area contributed by atoms with E-state index in [0.717, 1.165) is 24.4 Å². The third kappa shape index (κ3) is 2.60. The molecule has 0 fully saturated rings. The van der Waals surface area contributed by atoms with E-state index in [-0.39, 0.29) is 0 Å². The highest BCUT2D eigenvalue weighted by atomic mass is 15.0. The van der Waals surface area contributed by atoms with E-state index >= 15 is 0 Å². The van der Waals surface area contributed by atoms with Gasteiger partial charge in [-0.15, -0.1) is 0 Å². The Hall–Kier alpha value is -1.90. The fourth-order valence-corrected chi connectivity index (χ4v) is 2.64. The van der Waals surface area contributed by atoms with Crippen molar-refractivity contribution in [3.8, 4) is 0 Å². The summed E-state index contributed by atoms with van der Waals surface area (Å²) in [5.74, 6) is 1.38. The van der Waals surface area contributed by atoms with Crippen molar-refractivity contribution in [1.29, 1.82) is 0 Å². The van der Waals surface area contributed by atoms with Crippen molar-refractivity contribution in [2.24, 2.45) is 0 Å². The highest BCUT2D eigenvalue weighted by Crippen LogP contribution is 2.24. The minimum absolute atomic E-state index is 0.435. The van der Waals surface area contributed by atoms with Crippen LogP contribution < -0.4 is 5.32 Å². The summed E-state index contributed by atoms with van der Waals surface area (Å²) in [7, 11) is 0. The van der Waals surface area contributed by atoms with Crippen molar-refractivity contribution in [3.63, 3.8) is 0 Å². The van der Waals surface area contributed by atoms with Gasteiger partial charge >= 0.3 is 0 Å². The smallest absolute Gasteiger partial charge is 0.129 e. The molecule has 19 heavy (non-hydrogen) atoms. The van der Waals surface area contributed by atoms with E-state index < -0.39 is 0 Å². The molecular weight excluding hydrogens is 234 g/mol. The van der Waals surface area contributed by atoms with Gasteiger partial charge in [0.05, 0.1) is 0 Å². The molecule has 0 atom stereocenters. The topological polar surface area (TPSA) is 37.8 Å². The Morgan fingerprint density at radius 3 is 2.42 bits per heavy atom. The molecule has 0 saturated carbocycles. The Labute approximate surface area is 114 Å². The first-order valence-corrected chi connectivity index (χ1v) is 6.87. The number of benzene rings is 1. The lowest BCUT2D eigenvalue weighted by Gasteiger charge is -2.13. The molecule has 3 rings (SSSR count). The van der Waals surface area contributed by atoms with Gasteiger partial charge in [-0.05, 0) is 29.9 Å². The molecular formula is C16H19N3. The van der Waals surface area contributed by atoms with Gasteiger partial charge in [0.25, 0.3) is 0 Å². The van der Waals surface area contributed by atoms with E-state index in [0.29, 0.717) is 12.0 Å². The van der Waals surface area contributed by atoms with Gasteiger partial charge < -0.3 is 5.32 Å². The number of rotatable bonds is 3. The highest BCUT2D eigenvalue weighted by Gasteiger charge is 2.21. The van der Waals surface area contributed by atoms with Crippen molar-refractivity contribution in [2.45, 2.75) is 38.6 Å². The van der Waals surface area contributed by atoms with E-state index in [2.05, 4.69) is 59.5 Å². The van der Waals surface area contributed by atoms with Gasteiger partial charge in [-0.1, -0.05) is 38.1 Å². The predicted octanol–water partition coefficient (Wildman–Crippen LogP) is 3.18. The summed E-state index contributed by atoms with van der Waals surface area (Å²) in [6.07, 6.45) is 3.81. The van der Waals surface area contributed by atoms with Crippen LogP contribution >= 0.6 is 0 Å². The minimum Gasteiger partial charge on any atom is -0.367 e. The van der Waals surface area contributed by atoms with E-state index in [1.54, 1.807) is 6.33 Å². The van der Waals surface area contributed by atoms with Gasteiger partial charge in [-0.2, -0.15) is 0 Å². The molecule has 1 aliphatic carbocycles. The Bertz CT molecular complexity index is 553. The van der Waals surface area contributed by atoms with E-state index in [9.17, 15) is 0 Å². The third-order valence-electron chi connectivity index (χ3n) is 3.68. The summed E-state index contributed by atoms with van der Waals surface area (Å²) in [4.78, 5) is 8.63. The third-order valence-corrected chi connectivity index (χ3v) is 3.68. The lowest BCUT2D eigenvalue weighted by Crippen LogP contribution is -2.20. The van der Waals surface area contributed by atoms with Gasteiger partial charge in [0.1, 0.15) is 12.1 Å². The molecule has 0 saturated heterocycles. The van der Waals surface area contributed by atoms with Crippen LogP contribution in [0.5, 0.6) is 0 Å². The Morgan fingerprint density at radius 2 is 1.79 bits per heavy atom. The van der Waals surface area contributed by atoms with Crippen LogP contribution in [0, 0.1) is 0 Å². The SMILES string of the molecule is CC(C)c1cc(NC2Cc3ccccc3C2)ncn1. The van der Waals surface area contributed by atoms with Crippen LogP contribution in [-0.2, 0) is 12.8 Å². The number of nitrogens with one attached hydrogen (secondary N) is 1. The molecule has 1 N–H and O–H groups in total. The van der Waals surface area contributed by atoms with Gasteiger partial charge in [0.2, 0.25) is 0 Å². The molecule has 0 aliphatic heterocycles. The number of aromatic nitrogens is 2. The fraction of sp³-hybridized carbons (Fsp3) is 0.375. The zero-order chi connectivity index (χ0) is 13.2. The molecule has 2 aromatic rings. The summed E-state index contributed by atoms with van der Waals surface area (Å²) in [6.45, 7) is 4.30. The molecule has 1 aromatic heterocycles. The second-order valence-corrected chi connectivity index (χ2v) is 5.50. The largest absolute Gasteiger partial charge is 0.367 e. The van der Waals surface area contributed by atoms with Gasteiger partial charge in [0, 0.05) is 17.8 Å². The summed E-state index contributed by atoms with van der Waals surface area (Å²) in [5, 5.41) is 3.53. The number of hydrogen-bond acceptors (Lipinski definition) is 3. The van der Waals surface area contributed by atoms with Gasteiger partial charge in [-0.25, -0.2) is 9.97 Å². The minimum atomic E-state index is 0.435. The first-order valence-electron chi connectivity index (χ1n) is 6.87. The molecule has 0 radical (unpaired) electrons. The van der Waals surface area contributed by atoms with Crippen LogP contribution in [0.1, 0.15) is 36.6 Å². The number of fused-ring (bicyclic) bond motifs is 1. The quantitative estimate of drug-likeness (QED) is 0.913. The molecule has 1 heterocycles. The standard InChI is InChI=1S/C16H19N3/c1-11(2)15-9-16(18-10-17-15)19-14-7-12-5-3-4-6-13(12)8-14/h3-6,9-11,14H,7-8H2,1-2H3,(H,17,18,19). The zero-order valence-corrected chi connectivity index (χ0v) is 11.4. The van der Waals surface area contributed by atoms with Crippen LogP contribution in [0.4, 0.5) is 5.82 Å². The molecule has 0 amide bonds. The molecule has 98 valence electrons. The number of hydrogen-bond donors (Lipinski definition) is 1. The first kappa shape index (κ1) is 12.2. The molecule has 1 aromatic carbocycles. The Kier molecular flexibility index (Phi) is 3.20. The highest BCUT2D eigenvalue weighted by molar-refractivity contribution is 5.42. The molecule has 0 spiro atoms.